The van der Waals surface area contributed by atoms with Crippen molar-refractivity contribution in [3.8, 4) is 0 Å². The first kappa shape index (κ1) is 17.2. The fourth-order valence-corrected chi connectivity index (χ4v) is 6.22. The van der Waals surface area contributed by atoms with Gasteiger partial charge in [0, 0.05) is 19.5 Å². The second-order valence-electron chi connectivity index (χ2n) is 7.01. The molecule has 1 fully saturated rings. The van der Waals surface area contributed by atoms with E-state index in [0.29, 0.717) is 6.04 Å². The highest BCUT2D eigenvalue weighted by Gasteiger charge is 2.39. The molecule has 0 aromatic heterocycles. The number of hydrogen-bond acceptors (Lipinski definition) is 4. The molecule has 2 aliphatic rings. The summed E-state index contributed by atoms with van der Waals surface area (Å²) >= 11 is 0. The lowest BCUT2D eigenvalue weighted by atomic mass is 10.2. The second-order valence-corrected chi connectivity index (χ2v) is 14.2. The maximum atomic E-state index is 6.53. The average molecular weight is 330 g/mol. The van der Waals surface area contributed by atoms with Crippen LogP contribution in [-0.2, 0) is 4.43 Å². The Hall–Kier alpha value is -0.123. The molecule has 122 valence electrons. The van der Waals surface area contributed by atoms with Crippen molar-refractivity contribution < 1.29 is 4.43 Å². The minimum Gasteiger partial charge on any atom is -0.397 e. The Morgan fingerprint density at radius 1 is 1.19 bits per heavy atom. The standard InChI is InChI=1S/C15H32N3OPSi/c1-7-20(8-2)18-14(19-21(4,5)6)10-12-17-11-9-13(3)16-15(17)18/h13-14H,7-12H2,1-6H3/t13-,14-/m0/s1. The van der Waals surface area contributed by atoms with Gasteiger partial charge in [0.1, 0.15) is 6.23 Å². The molecule has 0 amide bonds. The first-order valence-corrected chi connectivity index (χ1v) is 13.5. The molecular weight excluding hydrogens is 297 g/mol. The molecule has 0 spiro atoms. The maximum absolute atomic E-state index is 6.53. The van der Waals surface area contributed by atoms with Crippen molar-refractivity contribution in [2.24, 2.45) is 4.99 Å². The minimum absolute atomic E-state index is 0.171. The second kappa shape index (κ2) is 6.97. The van der Waals surface area contributed by atoms with Crippen molar-refractivity contribution in [2.75, 3.05) is 25.4 Å². The van der Waals surface area contributed by atoms with Crippen LogP contribution >= 0.6 is 8.07 Å². The Morgan fingerprint density at radius 2 is 1.81 bits per heavy atom. The summed E-state index contributed by atoms with van der Waals surface area (Å²) in [6, 6.07) is 0.454. The number of nitrogens with zero attached hydrogens (tertiary/aromatic N) is 3. The van der Waals surface area contributed by atoms with Crippen LogP contribution in [0.25, 0.3) is 0 Å². The van der Waals surface area contributed by atoms with Crippen molar-refractivity contribution >= 4 is 22.3 Å². The van der Waals surface area contributed by atoms with Crippen molar-refractivity contribution in [1.29, 1.82) is 0 Å². The minimum atomic E-state index is -1.54. The highest BCUT2D eigenvalue weighted by atomic mass is 31.1. The van der Waals surface area contributed by atoms with Crippen molar-refractivity contribution in [3.63, 3.8) is 0 Å². The van der Waals surface area contributed by atoms with E-state index in [1.165, 1.54) is 24.7 Å². The molecule has 0 bridgehead atoms. The van der Waals surface area contributed by atoms with Crippen LogP contribution in [0.2, 0.25) is 19.6 Å². The van der Waals surface area contributed by atoms with Crippen molar-refractivity contribution in [3.05, 3.63) is 0 Å². The van der Waals surface area contributed by atoms with Gasteiger partial charge in [-0.05, 0) is 53.4 Å². The zero-order valence-electron chi connectivity index (χ0n) is 14.6. The number of fused-ring (bicyclic) bond motifs is 1. The van der Waals surface area contributed by atoms with Crippen LogP contribution in [-0.4, -0.2) is 61.5 Å². The Balaban J connectivity index is 2.29. The third-order valence-corrected chi connectivity index (χ3v) is 7.57. The van der Waals surface area contributed by atoms with Gasteiger partial charge in [0.05, 0.1) is 6.04 Å². The number of guanidine groups is 1. The smallest absolute Gasteiger partial charge is 0.202 e. The summed E-state index contributed by atoms with van der Waals surface area (Å²) in [4.78, 5) is 7.49. The summed E-state index contributed by atoms with van der Waals surface area (Å²) < 4.78 is 9.11. The topological polar surface area (TPSA) is 28.1 Å². The number of aliphatic imine (C=N–C) groups is 1. The lowest BCUT2D eigenvalue weighted by Gasteiger charge is -2.50. The first-order chi connectivity index (χ1) is 9.85. The molecule has 0 saturated carbocycles. The van der Waals surface area contributed by atoms with Crippen LogP contribution < -0.4 is 0 Å². The summed E-state index contributed by atoms with van der Waals surface area (Å²) in [7, 11) is -1.71. The fourth-order valence-electron chi connectivity index (χ4n) is 3.07. The van der Waals surface area contributed by atoms with Gasteiger partial charge in [-0.3, -0.25) is 4.67 Å². The third kappa shape index (κ3) is 4.20. The Morgan fingerprint density at radius 3 is 2.38 bits per heavy atom. The van der Waals surface area contributed by atoms with Gasteiger partial charge in [0.15, 0.2) is 8.32 Å². The molecule has 0 aromatic rings. The van der Waals surface area contributed by atoms with Crippen LogP contribution in [0.4, 0.5) is 0 Å². The lowest BCUT2D eigenvalue weighted by Crippen LogP contribution is -2.58. The van der Waals surface area contributed by atoms with E-state index in [2.05, 4.69) is 50.0 Å². The molecule has 21 heavy (non-hydrogen) atoms. The van der Waals surface area contributed by atoms with Gasteiger partial charge in [0.25, 0.3) is 0 Å². The van der Waals surface area contributed by atoms with E-state index in [0.717, 1.165) is 19.5 Å². The van der Waals surface area contributed by atoms with E-state index in [9.17, 15) is 0 Å². The first-order valence-electron chi connectivity index (χ1n) is 8.40. The largest absolute Gasteiger partial charge is 0.397 e. The summed E-state index contributed by atoms with van der Waals surface area (Å²) in [6.45, 7) is 16.0. The van der Waals surface area contributed by atoms with E-state index in [1.807, 2.05) is 0 Å². The normalized spacial score (nSPS) is 26.9. The van der Waals surface area contributed by atoms with E-state index in [4.69, 9.17) is 9.42 Å². The van der Waals surface area contributed by atoms with Crippen LogP contribution in [0.15, 0.2) is 4.99 Å². The van der Waals surface area contributed by atoms with Gasteiger partial charge in [0.2, 0.25) is 5.96 Å². The molecule has 0 aromatic carbocycles. The predicted octanol–water partition coefficient (Wildman–Crippen LogP) is 3.76. The van der Waals surface area contributed by atoms with E-state index in [-0.39, 0.29) is 14.3 Å². The van der Waals surface area contributed by atoms with Crippen LogP contribution in [0.3, 0.4) is 0 Å². The van der Waals surface area contributed by atoms with Crippen LogP contribution in [0, 0.1) is 0 Å². The van der Waals surface area contributed by atoms with E-state index in [1.54, 1.807) is 0 Å². The molecule has 2 heterocycles. The molecular formula is C15H32N3OPSi. The number of rotatable bonds is 5. The Kier molecular flexibility index (Phi) is 5.72. The van der Waals surface area contributed by atoms with Crippen LogP contribution in [0.5, 0.6) is 0 Å². The summed E-state index contributed by atoms with van der Waals surface area (Å²) in [5, 5.41) is 0. The average Bonchev–Trinajstić information content (AvgIpc) is 2.40. The van der Waals surface area contributed by atoms with Crippen molar-refractivity contribution in [1.82, 2.24) is 9.57 Å². The molecule has 2 aliphatic heterocycles. The zero-order chi connectivity index (χ0) is 15.6. The molecule has 2 rings (SSSR count). The zero-order valence-corrected chi connectivity index (χ0v) is 16.5. The highest BCUT2D eigenvalue weighted by molar-refractivity contribution is 7.55. The highest BCUT2D eigenvalue weighted by Crippen LogP contribution is 2.45. The summed E-state index contributed by atoms with van der Waals surface area (Å²) in [5.74, 6) is 1.23. The van der Waals surface area contributed by atoms with Gasteiger partial charge in [-0.15, -0.1) is 0 Å². The Bertz CT molecular complexity index is 382. The van der Waals surface area contributed by atoms with Gasteiger partial charge in [-0.25, -0.2) is 4.99 Å². The molecule has 0 aliphatic carbocycles. The van der Waals surface area contributed by atoms with E-state index >= 15 is 0 Å². The molecule has 2 atom stereocenters. The summed E-state index contributed by atoms with van der Waals surface area (Å²) in [5.41, 5.74) is 0. The molecule has 4 nitrogen and oxygen atoms in total. The molecule has 0 N–H and O–H groups in total. The van der Waals surface area contributed by atoms with E-state index < -0.39 is 8.32 Å². The monoisotopic (exact) mass is 329 g/mol. The lowest BCUT2D eigenvalue weighted by molar-refractivity contribution is 0.0714. The van der Waals surface area contributed by atoms with Gasteiger partial charge in [-0.2, -0.15) is 0 Å². The molecule has 0 unspecified atom stereocenters. The molecule has 0 radical (unpaired) electrons. The van der Waals surface area contributed by atoms with Crippen molar-refractivity contribution in [2.45, 2.75) is 65.5 Å². The van der Waals surface area contributed by atoms with Crippen LogP contribution in [0.1, 0.15) is 33.6 Å². The Labute approximate surface area is 132 Å². The molecule has 1 saturated heterocycles. The number of hydrogen-bond donors (Lipinski definition) is 0. The summed E-state index contributed by atoms with van der Waals surface area (Å²) in [6.07, 6.45) is 5.00. The SMILES string of the molecule is CCP(CC)N1C2=N[C@@H](C)CCN2CC[C@@H]1O[Si](C)(C)C. The predicted molar refractivity (Wildman–Crippen MR) is 95.8 cm³/mol. The van der Waals surface area contributed by atoms with Gasteiger partial charge >= 0.3 is 0 Å². The van der Waals surface area contributed by atoms with Gasteiger partial charge in [-0.1, -0.05) is 13.8 Å². The van der Waals surface area contributed by atoms with Gasteiger partial charge < -0.3 is 9.33 Å². The fraction of sp³-hybridized carbons (Fsp3) is 0.933. The molecule has 6 heteroatoms. The quantitative estimate of drug-likeness (QED) is 0.568. The maximum Gasteiger partial charge on any atom is 0.202 e. The third-order valence-electron chi connectivity index (χ3n) is 4.08.